The predicted molar refractivity (Wildman–Crippen MR) is 366 cm³/mol. The van der Waals surface area contributed by atoms with Gasteiger partial charge in [-0.25, -0.2) is 9.97 Å². The number of nitrogens with one attached hydrogen (secondary N) is 2. The zero-order valence-electron chi connectivity index (χ0n) is 56.4. The Balaban J connectivity index is 0.857. The molecule has 4 aliphatic carbocycles. The first-order valence-electron chi connectivity index (χ1n) is 34.9. The number of hydrogen-bond donors (Lipinski definition) is 6. The summed E-state index contributed by atoms with van der Waals surface area (Å²) in [6.07, 6.45) is 13.7. The first-order valence-corrected chi connectivity index (χ1v) is 34.9. The van der Waals surface area contributed by atoms with Crippen LogP contribution in [-0.2, 0) is 40.3 Å². The van der Waals surface area contributed by atoms with Crippen molar-refractivity contribution in [2.24, 2.45) is 46.3 Å². The SMILES string of the molecule is CCC1=C(C)c2nc1cc1[nH]c(c(C)c1CC)c(-c1ccc(CO[C@H]3CC[C@@]4(C)C(=CC[C@H]5[C@@H]6CC[C@H]([C@H](C)CCCC(C)C)[C@@]6(C)CC[C@@H]54)C3)cc1)c1[nH]c(cc3nc(c2-c2ccc(COC[C@H]4O[C@H](O)[C@H](O)[C@@H](O)[C@H]4O)cc2)C(C)=C3CC)c(CC)c1C. The molecule has 4 fully saturated rings. The minimum absolute atomic E-state index is 0.0867. The van der Waals surface area contributed by atoms with E-state index >= 15 is 0 Å². The Morgan fingerprint density at radius 3 is 1.79 bits per heavy atom. The lowest BCUT2D eigenvalue weighted by molar-refractivity contribution is -0.289. The molecule has 5 aromatic rings. The number of hydrogen-bond acceptors (Lipinski definition) is 9. The molecule has 0 unspecified atom stereocenters. The van der Waals surface area contributed by atoms with E-state index in [9.17, 15) is 20.4 Å². The number of aliphatic hydroxyl groups is 4. The molecule has 2 aromatic carbocycles. The fourth-order valence-corrected chi connectivity index (χ4v) is 18.8. The van der Waals surface area contributed by atoms with Gasteiger partial charge in [-0.1, -0.05) is 142 Å². The Morgan fingerprint density at radius 1 is 0.644 bits per heavy atom. The van der Waals surface area contributed by atoms with Gasteiger partial charge in [0.1, 0.15) is 24.4 Å². The van der Waals surface area contributed by atoms with Crippen molar-refractivity contribution in [1.29, 1.82) is 0 Å². The summed E-state index contributed by atoms with van der Waals surface area (Å²) in [6.45, 7) is 31.4. The molecule has 7 aliphatic rings. The molecular weight excluding hydrogens is 1120 g/mol. The van der Waals surface area contributed by atoms with Crippen LogP contribution < -0.4 is 0 Å². The molecule has 0 radical (unpaired) electrons. The Bertz CT molecular complexity index is 3630. The number of rotatable bonds is 18. The summed E-state index contributed by atoms with van der Waals surface area (Å²) in [5.41, 5.74) is 26.6. The van der Waals surface area contributed by atoms with Crippen LogP contribution in [0.5, 0.6) is 0 Å². The van der Waals surface area contributed by atoms with E-state index < -0.39 is 30.7 Å². The quantitative estimate of drug-likeness (QED) is 0.0468. The third-order valence-electron chi connectivity index (χ3n) is 23.9. The molecule has 1 saturated heterocycles. The van der Waals surface area contributed by atoms with Gasteiger partial charge in [-0.3, -0.25) is 0 Å². The van der Waals surface area contributed by atoms with E-state index in [1.165, 1.54) is 96.8 Å². The van der Waals surface area contributed by atoms with Crippen molar-refractivity contribution in [3.63, 3.8) is 0 Å². The summed E-state index contributed by atoms with van der Waals surface area (Å²) in [5.74, 6) is 5.06. The molecule has 11 heteroatoms. The van der Waals surface area contributed by atoms with Crippen LogP contribution in [0, 0.1) is 60.2 Å². The summed E-state index contributed by atoms with van der Waals surface area (Å²) in [6, 6.07) is 22.1. The molecule has 11 nitrogen and oxygen atoms in total. The average molecular weight is 1220 g/mol. The lowest BCUT2D eigenvalue weighted by Gasteiger charge is -2.58. The zero-order chi connectivity index (χ0) is 63.7. The topological polar surface area (TPSA) is 166 Å². The number of aryl methyl sites for hydroxylation is 4. The number of benzene rings is 2. The van der Waals surface area contributed by atoms with Crippen molar-refractivity contribution in [2.45, 2.75) is 236 Å². The Morgan fingerprint density at radius 2 is 1.22 bits per heavy atom. The van der Waals surface area contributed by atoms with Crippen molar-refractivity contribution < 1.29 is 34.6 Å². The summed E-state index contributed by atoms with van der Waals surface area (Å²) in [7, 11) is 0. The first kappa shape index (κ1) is 64.6. The van der Waals surface area contributed by atoms with Gasteiger partial charge in [0.15, 0.2) is 6.29 Å². The Hall–Kier alpha value is -5.50. The number of aliphatic hydroxyl groups excluding tert-OH is 4. The van der Waals surface area contributed by atoms with E-state index in [-0.39, 0.29) is 19.3 Å². The summed E-state index contributed by atoms with van der Waals surface area (Å²) >= 11 is 0. The molecule has 3 aliphatic heterocycles. The van der Waals surface area contributed by atoms with Gasteiger partial charge >= 0.3 is 0 Å². The number of fused-ring (bicyclic) bond motifs is 13. The van der Waals surface area contributed by atoms with E-state index in [0.717, 1.165) is 158 Å². The second-order valence-corrected chi connectivity index (χ2v) is 29.3. The fourth-order valence-electron chi connectivity index (χ4n) is 18.8. The summed E-state index contributed by atoms with van der Waals surface area (Å²) < 4.78 is 18.3. The van der Waals surface area contributed by atoms with E-state index in [2.05, 4.69) is 155 Å². The monoisotopic (exact) mass is 1220 g/mol. The van der Waals surface area contributed by atoms with Crippen LogP contribution in [0.4, 0.5) is 0 Å². The molecule has 13 atom stereocenters. The lowest BCUT2D eigenvalue weighted by Crippen LogP contribution is -2.58. The van der Waals surface area contributed by atoms with Gasteiger partial charge in [0.25, 0.3) is 0 Å². The lowest BCUT2D eigenvalue weighted by atomic mass is 9.47. The molecule has 3 aromatic heterocycles. The molecule has 90 heavy (non-hydrogen) atoms. The van der Waals surface area contributed by atoms with Gasteiger partial charge in [0.2, 0.25) is 0 Å². The van der Waals surface area contributed by atoms with Crippen LogP contribution in [0.15, 0.2) is 72.3 Å². The van der Waals surface area contributed by atoms with E-state index in [4.69, 9.17) is 24.2 Å². The van der Waals surface area contributed by atoms with Crippen LogP contribution in [-0.4, -0.2) is 83.8 Å². The van der Waals surface area contributed by atoms with E-state index in [0.29, 0.717) is 17.4 Å². The molecule has 0 spiro atoms. The molecule has 482 valence electrons. The number of nitrogens with zero attached hydrogens (tertiary/aromatic N) is 2. The normalized spacial score (nSPS) is 28.8. The molecule has 6 N–H and O–H groups in total. The second kappa shape index (κ2) is 26.1. The van der Waals surface area contributed by atoms with Gasteiger partial charge in [-0.15, -0.1) is 0 Å². The second-order valence-electron chi connectivity index (χ2n) is 29.3. The van der Waals surface area contributed by atoms with Crippen LogP contribution in [0.25, 0.3) is 66.6 Å². The van der Waals surface area contributed by atoms with E-state index in [1.54, 1.807) is 5.57 Å². The Labute approximate surface area is 536 Å². The summed E-state index contributed by atoms with van der Waals surface area (Å²) in [5, 5.41) is 40.8. The summed E-state index contributed by atoms with van der Waals surface area (Å²) in [4.78, 5) is 19.4. The highest BCUT2D eigenvalue weighted by atomic mass is 16.6. The van der Waals surface area contributed by atoms with Gasteiger partial charge in [0, 0.05) is 22.2 Å². The fraction of sp³-hybridized carbons (Fsp3) is 0.570. The van der Waals surface area contributed by atoms with Crippen molar-refractivity contribution >= 4 is 44.4 Å². The number of allylic oxidation sites excluding steroid dienone is 5. The molecule has 0 amide bonds. The third kappa shape index (κ3) is 11.6. The minimum atomic E-state index is -1.62. The molecule has 3 saturated carbocycles. The van der Waals surface area contributed by atoms with Crippen LogP contribution >= 0.6 is 0 Å². The van der Waals surface area contributed by atoms with Crippen molar-refractivity contribution in [1.82, 2.24) is 19.9 Å². The van der Waals surface area contributed by atoms with Crippen LogP contribution in [0.3, 0.4) is 0 Å². The highest BCUT2D eigenvalue weighted by Gasteiger charge is 2.59. The first-order chi connectivity index (χ1) is 43.2. The average Bonchev–Trinajstić information content (AvgIpc) is 1.37. The van der Waals surface area contributed by atoms with Crippen molar-refractivity contribution in [3.8, 4) is 22.3 Å². The maximum atomic E-state index is 10.5. The van der Waals surface area contributed by atoms with Crippen molar-refractivity contribution in [2.75, 3.05) is 6.61 Å². The number of aromatic amines is 2. The largest absolute Gasteiger partial charge is 0.387 e. The van der Waals surface area contributed by atoms with Crippen molar-refractivity contribution in [3.05, 3.63) is 128 Å². The minimum Gasteiger partial charge on any atom is -0.387 e. The highest BCUT2D eigenvalue weighted by Crippen LogP contribution is 2.67. The van der Waals surface area contributed by atoms with Crippen LogP contribution in [0.1, 0.15) is 216 Å². The molecular formula is C79H104N4O7. The smallest absolute Gasteiger partial charge is 0.184 e. The third-order valence-corrected chi connectivity index (χ3v) is 23.9. The zero-order valence-corrected chi connectivity index (χ0v) is 56.4. The molecule has 6 heterocycles. The molecule has 8 bridgehead atoms. The number of H-pyrrole nitrogens is 2. The van der Waals surface area contributed by atoms with Gasteiger partial charge in [-0.05, 0) is 230 Å². The maximum Gasteiger partial charge on any atom is 0.184 e. The predicted octanol–water partition coefficient (Wildman–Crippen LogP) is 17.3. The molecule has 12 rings (SSSR count). The standard InChI is InChI=1S/C79H104N4O7/c1-14-55-45(8)70-68(51-25-21-49(22-26-51)40-88-42-67-74(84)75(85)76(86)77(87)90-67)71-46(9)56(15-2)64(81-71)39-66-58(17-4)48(11)73(83-66)69(72-47(10)57(16-3)65(82-72)38-63(55)80-70)52-27-23-50(24-28-52)41-89-54-33-35-78(12)53(37-54)29-30-59-61-32-31-60(44(7)20-18-19-43(5)6)79(61,13)36-34-62(59)78/h21-29,38-39,43-44,54,59-62,67,74-77,82-87H,14-20,30-37,40-42H2,1-13H3/t44-,54+,59+,60-,61+,62+,67-,74+,75+,76-,77+,78+,79-/m1/s1. The number of aromatic nitrogens is 4. The maximum absolute atomic E-state index is 10.5. The van der Waals surface area contributed by atoms with E-state index in [1.807, 2.05) is 12.1 Å². The van der Waals surface area contributed by atoms with Crippen LogP contribution in [0.2, 0.25) is 0 Å². The Kier molecular flexibility index (Phi) is 18.7. The number of ether oxygens (including phenoxy) is 3. The van der Waals surface area contributed by atoms with Gasteiger partial charge in [-0.2, -0.15) is 0 Å². The highest BCUT2D eigenvalue weighted by molar-refractivity contribution is 6.03. The van der Waals surface area contributed by atoms with Gasteiger partial charge < -0.3 is 44.6 Å². The van der Waals surface area contributed by atoms with Gasteiger partial charge in [0.05, 0.1) is 59.7 Å².